The number of aliphatic hydroxyl groups excluding tert-OH is 1. The van der Waals surface area contributed by atoms with Gasteiger partial charge < -0.3 is 25.5 Å². The van der Waals surface area contributed by atoms with Crippen LogP contribution in [0, 0.1) is 5.92 Å². The van der Waals surface area contributed by atoms with Gasteiger partial charge in [0.15, 0.2) is 0 Å². The van der Waals surface area contributed by atoms with Crippen molar-refractivity contribution in [2.24, 2.45) is 15.9 Å². The van der Waals surface area contributed by atoms with Gasteiger partial charge in [-0.25, -0.2) is 4.99 Å². The van der Waals surface area contributed by atoms with Crippen molar-refractivity contribution < 1.29 is 9.90 Å². The molecule has 0 aliphatic carbocycles. The molecule has 3 aromatic rings. The Kier molecular flexibility index (Phi) is 11.6. The zero-order chi connectivity index (χ0) is 32.3. The summed E-state index contributed by atoms with van der Waals surface area (Å²) in [5.74, 6) is 2.15. The third-order valence-electron chi connectivity index (χ3n) is 7.27. The number of carbonyl (C=O) groups is 1. The van der Waals surface area contributed by atoms with Crippen LogP contribution in [-0.4, -0.2) is 78.6 Å². The van der Waals surface area contributed by atoms with E-state index < -0.39 is 0 Å². The number of nitrogens with zero attached hydrogens (tertiary/aromatic N) is 5. The molecule has 4 N–H and O–H groups in total. The number of carbonyl (C=O) groups excluding carboxylic acids is 1. The number of aliphatic imine (C=N–C) groups is 2. The third-order valence-corrected chi connectivity index (χ3v) is 7.27. The molecular formula is C35H44N8O2. The average Bonchev–Trinajstić information content (AvgIpc) is 3.01. The highest BCUT2D eigenvalue weighted by Gasteiger charge is 2.24. The fourth-order valence-corrected chi connectivity index (χ4v) is 4.95. The molecule has 4 rings (SSSR count). The number of rotatable bonds is 12. The summed E-state index contributed by atoms with van der Waals surface area (Å²) in [5, 5.41) is 20.8. The highest BCUT2D eigenvalue weighted by molar-refractivity contribution is 6.04. The first-order valence-electron chi connectivity index (χ1n) is 15.1. The first-order valence-corrected chi connectivity index (χ1v) is 15.1. The van der Waals surface area contributed by atoms with E-state index in [0.717, 1.165) is 44.7 Å². The standard InChI is InChI=1S/C35H44N8O2/c1-7-28(24(2)3)33-40-34(37-18-11-21-44)41-35(43(33)6)38-23-26-12-8-9-13-29(26)32-30-16-15-27(22-25(30)17-19-36-32)39-31(45)14-10-20-42(4)5/h7-10,12-17,19,22,24,44H,1,11,18,20-21,23H2,2-6H3,(H,39,45)(H2,37,38,40,41)/b14-10+,33-28+. The lowest BCUT2D eigenvalue weighted by Gasteiger charge is -2.34. The zero-order valence-electron chi connectivity index (χ0n) is 26.8. The van der Waals surface area contributed by atoms with Crippen molar-refractivity contribution >= 4 is 34.3 Å². The molecule has 0 unspecified atom stereocenters. The van der Waals surface area contributed by atoms with Crippen molar-refractivity contribution in [3.63, 3.8) is 0 Å². The second kappa shape index (κ2) is 15.8. The number of allylic oxidation sites excluding steroid dienone is 2. The normalized spacial score (nSPS) is 16.5. The number of hydrogen-bond donors (Lipinski definition) is 4. The number of anilines is 1. The maximum Gasteiger partial charge on any atom is 0.248 e. The molecule has 0 radical (unpaired) electrons. The van der Waals surface area contributed by atoms with Crippen molar-refractivity contribution in [2.45, 2.75) is 26.8 Å². The van der Waals surface area contributed by atoms with Crippen LogP contribution in [-0.2, 0) is 11.3 Å². The lowest BCUT2D eigenvalue weighted by molar-refractivity contribution is -0.111. The van der Waals surface area contributed by atoms with Crippen molar-refractivity contribution in [1.29, 1.82) is 0 Å². The van der Waals surface area contributed by atoms with E-state index in [1.54, 1.807) is 12.3 Å². The van der Waals surface area contributed by atoms with E-state index in [0.29, 0.717) is 38.0 Å². The van der Waals surface area contributed by atoms with Crippen LogP contribution in [0.4, 0.5) is 5.69 Å². The number of nitrogens with one attached hydrogen (secondary N) is 3. The smallest absolute Gasteiger partial charge is 0.248 e. The number of benzene rings is 2. The summed E-state index contributed by atoms with van der Waals surface area (Å²) in [4.78, 5) is 30.7. The number of fused-ring (bicyclic) bond motifs is 1. The highest BCUT2D eigenvalue weighted by atomic mass is 16.3. The molecule has 2 heterocycles. The van der Waals surface area contributed by atoms with Crippen LogP contribution in [0.1, 0.15) is 25.8 Å². The second-order valence-electron chi connectivity index (χ2n) is 11.3. The summed E-state index contributed by atoms with van der Waals surface area (Å²) in [6.07, 6.45) is 7.61. The second-order valence-corrected chi connectivity index (χ2v) is 11.3. The number of pyridine rings is 1. The van der Waals surface area contributed by atoms with Gasteiger partial charge in [0.2, 0.25) is 17.8 Å². The lowest BCUT2D eigenvalue weighted by Crippen LogP contribution is -2.56. The molecule has 0 spiro atoms. The summed E-state index contributed by atoms with van der Waals surface area (Å²) < 4.78 is 0. The number of aromatic nitrogens is 1. The highest BCUT2D eigenvalue weighted by Crippen LogP contribution is 2.31. The molecule has 1 aromatic heterocycles. The Morgan fingerprint density at radius 3 is 2.69 bits per heavy atom. The Bertz CT molecular complexity index is 1640. The van der Waals surface area contributed by atoms with E-state index in [1.165, 1.54) is 0 Å². The minimum absolute atomic E-state index is 0.0769. The van der Waals surface area contributed by atoms with E-state index in [2.05, 4.69) is 53.5 Å². The van der Waals surface area contributed by atoms with E-state index in [9.17, 15) is 9.90 Å². The van der Waals surface area contributed by atoms with Crippen LogP contribution >= 0.6 is 0 Å². The predicted molar refractivity (Wildman–Crippen MR) is 185 cm³/mol. The molecule has 2 aromatic carbocycles. The molecule has 1 saturated heterocycles. The molecule has 1 aliphatic heterocycles. The van der Waals surface area contributed by atoms with Gasteiger partial charge >= 0.3 is 0 Å². The molecule has 45 heavy (non-hydrogen) atoms. The zero-order valence-corrected chi connectivity index (χ0v) is 26.8. The van der Waals surface area contributed by atoms with Crippen molar-refractivity contribution in [3.05, 3.63) is 96.5 Å². The van der Waals surface area contributed by atoms with Crippen LogP contribution in [0.3, 0.4) is 0 Å². The molecule has 10 nitrogen and oxygen atoms in total. The van der Waals surface area contributed by atoms with Crippen LogP contribution < -0.4 is 16.0 Å². The Hall–Kier alpha value is -4.80. The van der Waals surface area contributed by atoms with Gasteiger partial charge in [-0.05, 0) is 61.2 Å². The van der Waals surface area contributed by atoms with E-state index >= 15 is 0 Å². The number of aliphatic hydroxyl groups is 1. The quantitative estimate of drug-likeness (QED) is 0.174. The Balaban J connectivity index is 1.64. The largest absolute Gasteiger partial charge is 0.396 e. The molecule has 236 valence electrons. The third kappa shape index (κ3) is 8.65. The molecular weight excluding hydrogens is 564 g/mol. The van der Waals surface area contributed by atoms with E-state index in [4.69, 9.17) is 9.98 Å². The van der Waals surface area contributed by atoms with Gasteiger partial charge in [-0.15, -0.1) is 0 Å². The summed E-state index contributed by atoms with van der Waals surface area (Å²) in [7, 11) is 5.87. The van der Waals surface area contributed by atoms with Gasteiger partial charge in [0, 0.05) is 55.7 Å². The lowest BCUT2D eigenvalue weighted by atomic mass is 9.99. The van der Waals surface area contributed by atoms with E-state index in [1.807, 2.05) is 79.5 Å². The molecule has 1 aliphatic rings. The average molecular weight is 609 g/mol. The molecule has 1 fully saturated rings. The van der Waals surface area contributed by atoms with Crippen LogP contribution in [0.15, 0.2) is 101 Å². The molecule has 0 bridgehead atoms. The SMILES string of the molecule is C=C/C(=C1/NC(=NCCCO)NC(=NCc2ccccc2-c2nccc3cc(NC(=O)/C=C/CN(C)C)ccc23)N1C)C(C)C. The van der Waals surface area contributed by atoms with Gasteiger partial charge in [-0.2, -0.15) is 0 Å². The molecule has 10 heteroatoms. The van der Waals surface area contributed by atoms with Gasteiger partial charge in [0.1, 0.15) is 5.82 Å². The van der Waals surface area contributed by atoms with Crippen molar-refractivity contribution in [2.75, 3.05) is 46.2 Å². The van der Waals surface area contributed by atoms with E-state index in [-0.39, 0.29) is 18.4 Å². The van der Waals surface area contributed by atoms with Crippen LogP contribution in [0.5, 0.6) is 0 Å². The number of hydrogen-bond acceptors (Lipinski definition) is 6. The van der Waals surface area contributed by atoms with Gasteiger partial charge in [-0.1, -0.05) is 62.9 Å². The molecule has 1 amide bonds. The number of guanidine groups is 2. The number of amides is 1. The van der Waals surface area contributed by atoms with Gasteiger partial charge in [-0.3, -0.25) is 20.1 Å². The van der Waals surface area contributed by atoms with Crippen molar-refractivity contribution in [1.82, 2.24) is 25.4 Å². The maximum atomic E-state index is 12.4. The summed E-state index contributed by atoms with van der Waals surface area (Å²) in [5.41, 5.74) is 4.61. The predicted octanol–water partition coefficient (Wildman–Crippen LogP) is 4.73. The van der Waals surface area contributed by atoms with Crippen LogP contribution in [0.2, 0.25) is 0 Å². The number of likely N-dealkylation sites (N-methyl/N-ethyl adjacent to an activating group) is 1. The summed E-state index contributed by atoms with van der Waals surface area (Å²) in [6, 6.07) is 15.9. The van der Waals surface area contributed by atoms with Crippen molar-refractivity contribution in [3.8, 4) is 11.3 Å². The maximum absolute atomic E-state index is 12.4. The van der Waals surface area contributed by atoms with Gasteiger partial charge in [0.05, 0.1) is 12.2 Å². The van der Waals surface area contributed by atoms with Crippen LogP contribution in [0.25, 0.3) is 22.0 Å². The summed E-state index contributed by atoms with van der Waals surface area (Å²) in [6.45, 7) is 9.92. The Morgan fingerprint density at radius 2 is 1.96 bits per heavy atom. The first kappa shape index (κ1) is 33.1. The topological polar surface area (TPSA) is 117 Å². The first-order chi connectivity index (χ1) is 21.7. The Labute approximate surface area is 266 Å². The summed E-state index contributed by atoms with van der Waals surface area (Å²) >= 11 is 0. The van der Waals surface area contributed by atoms with Gasteiger partial charge in [0.25, 0.3) is 0 Å². The monoisotopic (exact) mass is 608 g/mol. The minimum Gasteiger partial charge on any atom is -0.396 e. The molecule has 0 atom stereocenters. The fourth-order valence-electron chi connectivity index (χ4n) is 4.95. The Morgan fingerprint density at radius 1 is 1.16 bits per heavy atom. The molecule has 0 saturated carbocycles. The fraction of sp³-hybridized carbons (Fsp3) is 0.314. The minimum atomic E-state index is -0.167.